The molecule has 19 heavy (non-hydrogen) atoms. The highest BCUT2D eigenvalue weighted by Gasteiger charge is 2.35. The fraction of sp³-hybridized carbons (Fsp3) is 0.562. The molecule has 1 fully saturated rings. The molecule has 1 unspecified atom stereocenters. The van der Waals surface area contributed by atoms with Gasteiger partial charge >= 0.3 is 5.97 Å². The van der Waals surface area contributed by atoms with E-state index < -0.39 is 5.97 Å². The van der Waals surface area contributed by atoms with Crippen molar-refractivity contribution >= 4 is 5.97 Å². The summed E-state index contributed by atoms with van der Waals surface area (Å²) >= 11 is 0. The Morgan fingerprint density at radius 2 is 1.89 bits per heavy atom. The Labute approximate surface area is 115 Å². The minimum Gasteiger partial charge on any atom is -0.480 e. The van der Waals surface area contributed by atoms with E-state index in [2.05, 4.69) is 50.4 Å². The third kappa shape index (κ3) is 3.80. The van der Waals surface area contributed by atoms with Gasteiger partial charge in [0.1, 0.15) is 6.04 Å². The van der Waals surface area contributed by atoms with Gasteiger partial charge in [0.05, 0.1) is 0 Å². The van der Waals surface area contributed by atoms with E-state index in [0.29, 0.717) is 12.5 Å². The average molecular weight is 261 g/mol. The van der Waals surface area contributed by atoms with Gasteiger partial charge in [-0.2, -0.15) is 0 Å². The maximum Gasteiger partial charge on any atom is 0.320 e. The van der Waals surface area contributed by atoms with Gasteiger partial charge in [-0.25, -0.2) is 0 Å². The molecule has 104 valence electrons. The van der Waals surface area contributed by atoms with E-state index in [1.54, 1.807) is 0 Å². The third-order valence-electron chi connectivity index (χ3n) is 3.71. The number of carbonyl (C=O) groups is 1. The van der Waals surface area contributed by atoms with Gasteiger partial charge in [-0.15, -0.1) is 0 Å². The Bertz CT molecular complexity index is 441. The van der Waals surface area contributed by atoms with E-state index in [-0.39, 0.29) is 11.5 Å². The standard InChI is InChI=1S/C16H23NO2/c1-16(2,3)13-8-4-11(5-9-13)10-17-14(15(18)19)12-6-7-12/h4-5,8-9,12,14,17H,6-7,10H2,1-3H3,(H,18,19). The van der Waals surface area contributed by atoms with Gasteiger partial charge in [0.25, 0.3) is 0 Å². The first-order chi connectivity index (χ1) is 8.88. The van der Waals surface area contributed by atoms with Gasteiger partial charge in [-0.3, -0.25) is 4.79 Å². The van der Waals surface area contributed by atoms with Gasteiger partial charge in [-0.1, -0.05) is 45.0 Å². The van der Waals surface area contributed by atoms with Crippen LogP contribution in [0.2, 0.25) is 0 Å². The fourth-order valence-corrected chi connectivity index (χ4v) is 2.24. The lowest BCUT2D eigenvalue weighted by Gasteiger charge is -2.19. The molecule has 1 aromatic rings. The van der Waals surface area contributed by atoms with E-state index >= 15 is 0 Å². The van der Waals surface area contributed by atoms with Gasteiger partial charge in [-0.05, 0) is 35.3 Å². The summed E-state index contributed by atoms with van der Waals surface area (Å²) in [5, 5.41) is 12.3. The second kappa shape index (κ2) is 5.33. The highest BCUT2D eigenvalue weighted by molar-refractivity contribution is 5.74. The first kappa shape index (κ1) is 14.1. The molecule has 1 atom stereocenters. The minimum atomic E-state index is -0.728. The summed E-state index contributed by atoms with van der Waals surface area (Å²) in [5.41, 5.74) is 2.59. The maximum atomic E-state index is 11.1. The molecule has 1 aromatic carbocycles. The molecule has 0 heterocycles. The summed E-state index contributed by atoms with van der Waals surface area (Å²) in [4.78, 5) is 11.1. The van der Waals surface area contributed by atoms with Crippen molar-refractivity contribution in [2.24, 2.45) is 5.92 Å². The van der Waals surface area contributed by atoms with Crippen LogP contribution in [0.4, 0.5) is 0 Å². The summed E-state index contributed by atoms with van der Waals surface area (Å²) in [5.74, 6) is -0.403. The predicted octanol–water partition coefficient (Wildman–Crippen LogP) is 2.94. The zero-order valence-corrected chi connectivity index (χ0v) is 11.9. The Morgan fingerprint density at radius 3 is 2.32 bits per heavy atom. The van der Waals surface area contributed by atoms with Crippen LogP contribution in [0.5, 0.6) is 0 Å². The predicted molar refractivity (Wildman–Crippen MR) is 76.1 cm³/mol. The largest absolute Gasteiger partial charge is 0.480 e. The van der Waals surface area contributed by atoms with Crippen molar-refractivity contribution in [3.05, 3.63) is 35.4 Å². The van der Waals surface area contributed by atoms with Crippen molar-refractivity contribution in [1.82, 2.24) is 5.32 Å². The molecule has 0 spiro atoms. The molecule has 3 heteroatoms. The molecule has 0 saturated heterocycles. The van der Waals surface area contributed by atoms with Crippen LogP contribution >= 0.6 is 0 Å². The molecule has 2 rings (SSSR count). The molecule has 1 saturated carbocycles. The van der Waals surface area contributed by atoms with Crippen LogP contribution in [0.15, 0.2) is 24.3 Å². The minimum absolute atomic E-state index is 0.156. The monoisotopic (exact) mass is 261 g/mol. The number of carboxylic acid groups (broad SMARTS) is 1. The number of carboxylic acids is 1. The molecule has 3 nitrogen and oxygen atoms in total. The Kier molecular flexibility index (Phi) is 3.95. The first-order valence-corrected chi connectivity index (χ1v) is 6.93. The van der Waals surface area contributed by atoms with Gasteiger partial charge in [0.2, 0.25) is 0 Å². The summed E-state index contributed by atoms with van der Waals surface area (Å²) in [6, 6.07) is 8.04. The van der Waals surface area contributed by atoms with Crippen molar-refractivity contribution in [2.45, 2.75) is 51.6 Å². The second-order valence-electron chi connectivity index (χ2n) is 6.48. The summed E-state index contributed by atoms with van der Waals surface area (Å²) < 4.78 is 0. The molecule has 2 N–H and O–H groups in total. The van der Waals surface area contributed by atoms with Crippen molar-refractivity contribution in [2.75, 3.05) is 0 Å². The fourth-order valence-electron chi connectivity index (χ4n) is 2.24. The molecule has 1 aliphatic carbocycles. The Balaban J connectivity index is 1.94. The van der Waals surface area contributed by atoms with E-state index in [1.807, 2.05) is 0 Å². The second-order valence-corrected chi connectivity index (χ2v) is 6.48. The number of hydrogen-bond donors (Lipinski definition) is 2. The van der Waals surface area contributed by atoms with E-state index in [9.17, 15) is 4.79 Å². The number of nitrogens with one attached hydrogen (secondary N) is 1. The highest BCUT2D eigenvalue weighted by atomic mass is 16.4. The van der Waals surface area contributed by atoms with Crippen molar-refractivity contribution in [1.29, 1.82) is 0 Å². The summed E-state index contributed by atoms with van der Waals surface area (Å²) in [6.45, 7) is 7.19. The lowest BCUT2D eigenvalue weighted by atomic mass is 9.87. The van der Waals surface area contributed by atoms with Crippen LogP contribution in [0, 0.1) is 5.92 Å². The molecule has 0 aromatic heterocycles. The Morgan fingerprint density at radius 1 is 1.32 bits per heavy atom. The van der Waals surface area contributed by atoms with E-state index in [4.69, 9.17) is 5.11 Å². The molecule has 0 aliphatic heterocycles. The zero-order valence-electron chi connectivity index (χ0n) is 11.9. The van der Waals surface area contributed by atoms with Crippen molar-refractivity contribution in [3.8, 4) is 0 Å². The lowest BCUT2D eigenvalue weighted by molar-refractivity contribution is -0.140. The molecular weight excluding hydrogens is 238 g/mol. The van der Waals surface area contributed by atoms with Crippen LogP contribution in [-0.4, -0.2) is 17.1 Å². The lowest BCUT2D eigenvalue weighted by Crippen LogP contribution is -2.38. The van der Waals surface area contributed by atoms with E-state index in [1.165, 1.54) is 5.56 Å². The maximum absolute atomic E-state index is 11.1. The smallest absolute Gasteiger partial charge is 0.320 e. The average Bonchev–Trinajstić information content (AvgIpc) is 3.13. The van der Waals surface area contributed by atoms with Gasteiger partial charge < -0.3 is 10.4 Å². The Hall–Kier alpha value is -1.35. The molecule has 0 bridgehead atoms. The van der Waals surface area contributed by atoms with Crippen molar-refractivity contribution in [3.63, 3.8) is 0 Å². The first-order valence-electron chi connectivity index (χ1n) is 6.93. The van der Waals surface area contributed by atoms with Crippen LogP contribution in [-0.2, 0) is 16.8 Å². The number of hydrogen-bond acceptors (Lipinski definition) is 2. The van der Waals surface area contributed by atoms with Crippen LogP contribution in [0.25, 0.3) is 0 Å². The number of rotatable bonds is 5. The number of aliphatic carboxylic acids is 1. The quantitative estimate of drug-likeness (QED) is 0.856. The van der Waals surface area contributed by atoms with Crippen LogP contribution in [0.3, 0.4) is 0 Å². The molecule has 0 amide bonds. The topological polar surface area (TPSA) is 49.3 Å². The van der Waals surface area contributed by atoms with E-state index in [0.717, 1.165) is 18.4 Å². The normalized spacial score (nSPS) is 17.2. The third-order valence-corrected chi connectivity index (χ3v) is 3.71. The van der Waals surface area contributed by atoms with Crippen molar-refractivity contribution < 1.29 is 9.90 Å². The molecule has 0 radical (unpaired) electrons. The zero-order chi connectivity index (χ0) is 14.0. The molecular formula is C16H23NO2. The highest BCUT2D eigenvalue weighted by Crippen LogP contribution is 2.32. The van der Waals surface area contributed by atoms with Crippen LogP contribution in [0.1, 0.15) is 44.7 Å². The summed E-state index contributed by atoms with van der Waals surface area (Å²) in [7, 11) is 0. The van der Waals surface area contributed by atoms with Gasteiger partial charge in [0, 0.05) is 6.54 Å². The summed E-state index contributed by atoms with van der Waals surface area (Å²) in [6.07, 6.45) is 2.07. The van der Waals surface area contributed by atoms with Gasteiger partial charge in [0.15, 0.2) is 0 Å². The molecule has 1 aliphatic rings. The number of benzene rings is 1. The SMILES string of the molecule is CC(C)(C)c1ccc(CNC(C(=O)O)C2CC2)cc1. The van der Waals surface area contributed by atoms with Crippen LogP contribution < -0.4 is 5.32 Å².